The maximum absolute atomic E-state index is 6.68. The number of nitrogens with zero attached hydrogens (tertiary/aromatic N) is 4. The Morgan fingerprint density at radius 2 is 2.03 bits per heavy atom. The number of nitrogens with one attached hydrogen (secondary N) is 1. The molecular weight excluding hydrogens is 398 g/mol. The van der Waals surface area contributed by atoms with E-state index in [9.17, 15) is 0 Å². The Kier molecular flexibility index (Phi) is 6.56. The standard InChI is InChI=1S/C23H36ClN5O/c1-23(2,3)10-11-25-17-7-5-6-12-29(14-17)15-18-21(26-28(4)22(18)24)19-13-20(30-27-19)16-8-9-16/h13,16-17,25H,5-12,14-15H2,1-4H3. The summed E-state index contributed by atoms with van der Waals surface area (Å²) in [7, 11) is 1.90. The van der Waals surface area contributed by atoms with Crippen LogP contribution in [0.5, 0.6) is 0 Å². The van der Waals surface area contributed by atoms with Crippen molar-refractivity contribution < 1.29 is 4.52 Å². The van der Waals surface area contributed by atoms with Crippen molar-refractivity contribution in [3.8, 4) is 11.4 Å². The highest BCUT2D eigenvalue weighted by Crippen LogP contribution is 2.41. The SMILES string of the molecule is Cn1nc(-c2cc(C3CC3)on2)c(CN2CCCCC(NCCC(C)(C)C)C2)c1Cl. The molecule has 1 N–H and O–H groups in total. The highest BCUT2D eigenvalue weighted by atomic mass is 35.5. The quantitative estimate of drug-likeness (QED) is 0.666. The normalized spacial score (nSPS) is 21.2. The molecule has 7 heteroatoms. The summed E-state index contributed by atoms with van der Waals surface area (Å²) in [5.41, 5.74) is 3.10. The van der Waals surface area contributed by atoms with Crippen LogP contribution >= 0.6 is 11.6 Å². The molecular formula is C23H36ClN5O. The van der Waals surface area contributed by atoms with Gasteiger partial charge in [-0.15, -0.1) is 0 Å². The average Bonchev–Trinajstić information content (AvgIpc) is 3.40. The number of hydrogen-bond donors (Lipinski definition) is 1. The molecule has 1 saturated carbocycles. The summed E-state index contributed by atoms with van der Waals surface area (Å²) >= 11 is 6.68. The van der Waals surface area contributed by atoms with E-state index < -0.39 is 0 Å². The first kappa shape index (κ1) is 21.8. The first-order chi connectivity index (χ1) is 14.3. The van der Waals surface area contributed by atoms with Crippen molar-refractivity contribution in [3.05, 3.63) is 22.5 Å². The Bertz CT molecular complexity index is 848. The molecule has 1 atom stereocenters. The molecule has 6 nitrogen and oxygen atoms in total. The molecule has 0 amide bonds. The van der Waals surface area contributed by atoms with Crippen LogP contribution in [0.2, 0.25) is 5.15 Å². The van der Waals surface area contributed by atoms with Crippen molar-refractivity contribution in [3.63, 3.8) is 0 Å². The van der Waals surface area contributed by atoms with E-state index in [-0.39, 0.29) is 0 Å². The lowest BCUT2D eigenvalue weighted by Crippen LogP contribution is -2.40. The molecule has 0 spiro atoms. The van der Waals surface area contributed by atoms with Gasteiger partial charge in [-0.25, -0.2) is 0 Å². The van der Waals surface area contributed by atoms with E-state index in [4.69, 9.17) is 16.1 Å². The van der Waals surface area contributed by atoms with Gasteiger partial charge in [0, 0.05) is 43.7 Å². The number of halogens is 1. The van der Waals surface area contributed by atoms with E-state index >= 15 is 0 Å². The first-order valence-electron chi connectivity index (χ1n) is 11.4. The smallest absolute Gasteiger partial charge is 0.140 e. The van der Waals surface area contributed by atoms with Crippen molar-refractivity contribution in [2.45, 2.75) is 77.8 Å². The first-order valence-corrected chi connectivity index (χ1v) is 11.8. The van der Waals surface area contributed by atoms with Crippen LogP contribution in [-0.2, 0) is 13.6 Å². The third-order valence-corrected chi connectivity index (χ3v) is 6.74. The van der Waals surface area contributed by atoms with Gasteiger partial charge in [-0.2, -0.15) is 5.10 Å². The molecule has 2 fully saturated rings. The summed E-state index contributed by atoms with van der Waals surface area (Å²) in [5, 5.41) is 13.5. The van der Waals surface area contributed by atoms with Crippen LogP contribution < -0.4 is 5.32 Å². The van der Waals surface area contributed by atoms with E-state index in [1.54, 1.807) is 4.68 Å². The second kappa shape index (κ2) is 9.01. The second-order valence-electron chi connectivity index (χ2n) is 10.3. The fourth-order valence-electron chi connectivity index (χ4n) is 4.26. The summed E-state index contributed by atoms with van der Waals surface area (Å²) in [6, 6.07) is 2.58. The topological polar surface area (TPSA) is 59.1 Å². The Morgan fingerprint density at radius 1 is 1.23 bits per heavy atom. The minimum atomic E-state index is 0.368. The predicted octanol–water partition coefficient (Wildman–Crippen LogP) is 4.99. The van der Waals surface area contributed by atoms with Crippen LogP contribution in [0.1, 0.15) is 76.5 Å². The number of aromatic nitrogens is 3. The van der Waals surface area contributed by atoms with E-state index in [1.807, 2.05) is 7.05 Å². The number of rotatable bonds is 7. The summed E-state index contributed by atoms with van der Waals surface area (Å²) in [4.78, 5) is 2.52. The van der Waals surface area contributed by atoms with Crippen molar-refractivity contribution >= 4 is 11.6 Å². The molecule has 166 valence electrons. The van der Waals surface area contributed by atoms with Crippen LogP contribution in [-0.4, -0.2) is 45.5 Å². The molecule has 1 saturated heterocycles. The molecule has 2 aliphatic rings. The maximum Gasteiger partial charge on any atom is 0.140 e. The van der Waals surface area contributed by atoms with Gasteiger partial charge < -0.3 is 9.84 Å². The minimum absolute atomic E-state index is 0.368. The molecule has 0 radical (unpaired) electrons. The van der Waals surface area contributed by atoms with Gasteiger partial charge in [0.1, 0.15) is 22.3 Å². The van der Waals surface area contributed by atoms with E-state index in [0.29, 0.717) is 22.5 Å². The number of hydrogen-bond acceptors (Lipinski definition) is 5. The zero-order chi connectivity index (χ0) is 21.3. The van der Waals surface area contributed by atoms with E-state index in [2.05, 4.69) is 47.3 Å². The van der Waals surface area contributed by atoms with Gasteiger partial charge in [0.05, 0.1) is 0 Å². The Balaban J connectivity index is 1.45. The molecule has 30 heavy (non-hydrogen) atoms. The molecule has 2 aromatic heterocycles. The fourth-order valence-corrected chi connectivity index (χ4v) is 4.45. The molecule has 3 heterocycles. The summed E-state index contributed by atoms with van der Waals surface area (Å²) in [6.45, 7) is 10.9. The van der Waals surface area contributed by atoms with Gasteiger partial charge >= 0.3 is 0 Å². The zero-order valence-corrected chi connectivity index (χ0v) is 19.6. The lowest BCUT2D eigenvalue weighted by molar-refractivity contribution is 0.246. The van der Waals surface area contributed by atoms with Gasteiger partial charge in [-0.1, -0.05) is 43.9 Å². The van der Waals surface area contributed by atoms with Crippen molar-refractivity contribution in [2.24, 2.45) is 12.5 Å². The third-order valence-electron chi connectivity index (χ3n) is 6.26. The lowest BCUT2D eigenvalue weighted by atomic mass is 9.92. The van der Waals surface area contributed by atoms with Crippen LogP contribution in [0, 0.1) is 5.41 Å². The summed E-state index contributed by atoms with van der Waals surface area (Å²) < 4.78 is 7.34. The van der Waals surface area contributed by atoms with Crippen LogP contribution in [0.15, 0.2) is 10.6 Å². The van der Waals surface area contributed by atoms with Gasteiger partial charge in [0.25, 0.3) is 0 Å². The molecule has 1 unspecified atom stereocenters. The van der Waals surface area contributed by atoms with Crippen LogP contribution in [0.3, 0.4) is 0 Å². The van der Waals surface area contributed by atoms with Crippen LogP contribution in [0.4, 0.5) is 0 Å². The van der Waals surface area contributed by atoms with Gasteiger partial charge in [-0.05, 0) is 50.6 Å². The molecule has 4 rings (SSSR count). The summed E-state index contributed by atoms with van der Waals surface area (Å²) in [6.07, 6.45) is 7.31. The minimum Gasteiger partial charge on any atom is -0.360 e. The highest BCUT2D eigenvalue weighted by molar-refractivity contribution is 6.30. The van der Waals surface area contributed by atoms with E-state index in [1.165, 1.54) is 38.5 Å². The summed E-state index contributed by atoms with van der Waals surface area (Å²) in [5.74, 6) is 1.52. The highest BCUT2D eigenvalue weighted by Gasteiger charge is 2.30. The Labute approximate surface area is 185 Å². The van der Waals surface area contributed by atoms with Crippen molar-refractivity contribution in [1.82, 2.24) is 25.2 Å². The van der Waals surface area contributed by atoms with E-state index in [0.717, 1.165) is 48.9 Å². The lowest BCUT2D eigenvalue weighted by Gasteiger charge is -2.26. The van der Waals surface area contributed by atoms with Crippen molar-refractivity contribution in [2.75, 3.05) is 19.6 Å². The monoisotopic (exact) mass is 433 g/mol. The largest absolute Gasteiger partial charge is 0.360 e. The third kappa shape index (κ3) is 5.45. The predicted molar refractivity (Wildman–Crippen MR) is 121 cm³/mol. The second-order valence-corrected chi connectivity index (χ2v) is 10.7. The average molecular weight is 434 g/mol. The Hall–Kier alpha value is -1.37. The molecule has 1 aliphatic heterocycles. The number of likely N-dealkylation sites (tertiary alicyclic amines) is 1. The fraction of sp³-hybridized carbons (Fsp3) is 0.739. The molecule has 0 aromatic carbocycles. The zero-order valence-electron chi connectivity index (χ0n) is 18.9. The Morgan fingerprint density at radius 3 is 2.77 bits per heavy atom. The van der Waals surface area contributed by atoms with Gasteiger partial charge in [0.2, 0.25) is 0 Å². The maximum atomic E-state index is 6.68. The molecule has 1 aliphatic carbocycles. The van der Waals surface area contributed by atoms with Crippen LogP contribution in [0.25, 0.3) is 11.4 Å². The van der Waals surface area contributed by atoms with Gasteiger partial charge in [0.15, 0.2) is 0 Å². The van der Waals surface area contributed by atoms with Crippen molar-refractivity contribution in [1.29, 1.82) is 0 Å². The number of aryl methyl sites for hydroxylation is 1. The molecule has 0 bridgehead atoms. The van der Waals surface area contributed by atoms with Gasteiger partial charge in [-0.3, -0.25) is 9.58 Å². The molecule has 2 aromatic rings.